The summed E-state index contributed by atoms with van der Waals surface area (Å²) < 4.78 is 0. The summed E-state index contributed by atoms with van der Waals surface area (Å²) in [5.74, 6) is 0.760. The molecule has 1 unspecified atom stereocenters. The van der Waals surface area contributed by atoms with Gasteiger partial charge in [0.15, 0.2) is 0 Å². The molecule has 0 heterocycles. The lowest BCUT2D eigenvalue weighted by Gasteiger charge is -2.29. The zero-order chi connectivity index (χ0) is 13.8. The third-order valence-electron chi connectivity index (χ3n) is 4.70. The van der Waals surface area contributed by atoms with Crippen LogP contribution in [0.4, 0.5) is 0 Å². The van der Waals surface area contributed by atoms with Gasteiger partial charge in [-0.25, -0.2) is 0 Å². The summed E-state index contributed by atoms with van der Waals surface area (Å²) in [6.45, 7) is 6.61. The second kappa shape index (κ2) is 6.56. The van der Waals surface area contributed by atoms with Crippen molar-refractivity contribution in [3.8, 4) is 0 Å². The maximum absolute atomic E-state index is 10.6. The highest BCUT2D eigenvalue weighted by atomic mass is 16.3. The van der Waals surface area contributed by atoms with E-state index >= 15 is 0 Å². The van der Waals surface area contributed by atoms with Crippen molar-refractivity contribution in [2.24, 2.45) is 5.92 Å². The molecule has 1 nitrogen and oxygen atoms in total. The molecule has 1 N–H and O–H groups in total. The zero-order valence-electron chi connectivity index (χ0n) is 12.7. The minimum atomic E-state index is -0.249. The van der Waals surface area contributed by atoms with E-state index in [1.54, 1.807) is 0 Å². The second-order valence-electron chi connectivity index (χ2n) is 5.94. The summed E-state index contributed by atoms with van der Waals surface area (Å²) in [5.41, 5.74) is 5.38. The number of aliphatic hydroxyl groups is 1. The Balaban J connectivity index is 2.29. The van der Waals surface area contributed by atoms with Gasteiger partial charge in [0, 0.05) is 0 Å². The Morgan fingerprint density at radius 2 is 1.63 bits per heavy atom. The lowest BCUT2D eigenvalue weighted by atomic mass is 9.78. The van der Waals surface area contributed by atoms with Gasteiger partial charge in [0.1, 0.15) is 0 Å². The molecule has 1 fully saturated rings. The molecule has 0 saturated heterocycles. The van der Waals surface area contributed by atoms with Crippen molar-refractivity contribution in [3.63, 3.8) is 0 Å². The molecule has 1 aliphatic carbocycles. The molecule has 1 heteroatoms. The zero-order valence-corrected chi connectivity index (χ0v) is 12.7. The standard InChI is InChI=1S/C18H28O/c1-4-13-10-15(5-2)18(16(6-3)11-13)17(19)12-14-8-7-9-14/h10-11,14,17,19H,4-9,12H2,1-3H3. The minimum Gasteiger partial charge on any atom is -0.388 e. The van der Waals surface area contributed by atoms with Gasteiger partial charge in [-0.3, -0.25) is 0 Å². The molecule has 0 aromatic heterocycles. The molecule has 2 rings (SSSR count). The van der Waals surface area contributed by atoms with E-state index in [4.69, 9.17) is 0 Å². The average molecular weight is 260 g/mol. The maximum atomic E-state index is 10.6. The van der Waals surface area contributed by atoms with E-state index in [0.29, 0.717) is 0 Å². The predicted molar refractivity (Wildman–Crippen MR) is 81.5 cm³/mol. The van der Waals surface area contributed by atoms with Crippen LogP contribution < -0.4 is 0 Å². The number of benzene rings is 1. The fourth-order valence-corrected chi connectivity index (χ4v) is 3.23. The van der Waals surface area contributed by atoms with Gasteiger partial charge in [0.05, 0.1) is 6.10 Å². The first-order chi connectivity index (χ1) is 9.19. The average Bonchev–Trinajstić information content (AvgIpc) is 2.40. The molecular weight excluding hydrogens is 232 g/mol. The van der Waals surface area contributed by atoms with Crippen LogP contribution in [0.5, 0.6) is 0 Å². The summed E-state index contributed by atoms with van der Waals surface area (Å²) in [5, 5.41) is 10.6. The van der Waals surface area contributed by atoms with Crippen molar-refractivity contribution >= 4 is 0 Å². The highest BCUT2D eigenvalue weighted by Crippen LogP contribution is 2.37. The third kappa shape index (κ3) is 3.20. The lowest BCUT2D eigenvalue weighted by Crippen LogP contribution is -2.17. The largest absolute Gasteiger partial charge is 0.388 e. The Bertz CT molecular complexity index is 393. The summed E-state index contributed by atoms with van der Waals surface area (Å²) >= 11 is 0. The van der Waals surface area contributed by atoms with Gasteiger partial charge in [0.25, 0.3) is 0 Å². The van der Waals surface area contributed by atoms with Crippen LogP contribution in [-0.2, 0) is 19.3 Å². The van der Waals surface area contributed by atoms with Gasteiger partial charge in [-0.05, 0) is 53.9 Å². The van der Waals surface area contributed by atoms with E-state index in [9.17, 15) is 5.11 Å². The maximum Gasteiger partial charge on any atom is 0.0798 e. The van der Waals surface area contributed by atoms with E-state index in [-0.39, 0.29) is 6.10 Å². The Hall–Kier alpha value is -0.820. The van der Waals surface area contributed by atoms with E-state index < -0.39 is 0 Å². The smallest absolute Gasteiger partial charge is 0.0798 e. The molecule has 0 amide bonds. The van der Waals surface area contributed by atoms with E-state index in [1.165, 1.54) is 41.5 Å². The molecule has 1 aromatic rings. The highest BCUT2D eigenvalue weighted by molar-refractivity contribution is 5.41. The quantitative estimate of drug-likeness (QED) is 0.792. The second-order valence-corrected chi connectivity index (χ2v) is 5.94. The van der Waals surface area contributed by atoms with Crippen molar-refractivity contribution in [3.05, 3.63) is 34.4 Å². The first-order valence-electron chi connectivity index (χ1n) is 8.02. The van der Waals surface area contributed by atoms with Crippen LogP contribution in [0.2, 0.25) is 0 Å². The molecule has 19 heavy (non-hydrogen) atoms. The first kappa shape index (κ1) is 14.6. The normalized spacial score (nSPS) is 17.3. The Morgan fingerprint density at radius 3 is 2.00 bits per heavy atom. The fraction of sp³-hybridized carbons (Fsp3) is 0.667. The summed E-state index contributed by atoms with van der Waals surface area (Å²) in [6.07, 6.45) is 7.83. The molecule has 1 aliphatic rings. The Labute approximate surface area is 118 Å². The van der Waals surface area contributed by atoms with Crippen molar-refractivity contribution in [1.29, 1.82) is 0 Å². The van der Waals surface area contributed by atoms with Gasteiger partial charge in [0.2, 0.25) is 0 Å². The van der Waals surface area contributed by atoms with Crippen molar-refractivity contribution < 1.29 is 5.11 Å². The first-order valence-corrected chi connectivity index (χ1v) is 8.02. The van der Waals surface area contributed by atoms with Gasteiger partial charge in [-0.1, -0.05) is 52.2 Å². The van der Waals surface area contributed by atoms with Crippen molar-refractivity contribution in [2.75, 3.05) is 0 Å². The van der Waals surface area contributed by atoms with Gasteiger partial charge in [-0.15, -0.1) is 0 Å². The van der Waals surface area contributed by atoms with Gasteiger partial charge >= 0.3 is 0 Å². The number of rotatable bonds is 6. The van der Waals surface area contributed by atoms with Crippen LogP contribution in [0.25, 0.3) is 0 Å². The predicted octanol–water partition coefficient (Wildman–Crippen LogP) is 4.60. The minimum absolute atomic E-state index is 0.249. The van der Waals surface area contributed by atoms with Crippen LogP contribution in [0.1, 0.15) is 74.8 Å². The van der Waals surface area contributed by atoms with Crippen LogP contribution >= 0.6 is 0 Å². The lowest BCUT2D eigenvalue weighted by molar-refractivity contribution is 0.117. The van der Waals surface area contributed by atoms with Gasteiger partial charge < -0.3 is 5.11 Å². The molecule has 0 spiro atoms. The van der Waals surface area contributed by atoms with Crippen molar-refractivity contribution in [2.45, 2.75) is 71.8 Å². The number of aliphatic hydroxyl groups excluding tert-OH is 1. The topological polar surface area (TPSA) is 20.2 Å². The SMILES string of the molecule is CCc1cc(CC)c(C(O)CC2CCC2)c(CC)c1. The molecule has 1 saturated carbocycles. The van der Waals surface area contributed by atoms with Crippen LogP contribution in [0.15, 0.2) is 12.1 Å². The van der Waals surface area contributed by atoms with E-state index in [1.807, 2.05) is 0 Å². The summed E-state index contributed by atoms with van der Waals surface area (Å²) in [6, 6.07) is 4.61. The third-order valence-corrected chi connectivity index (χ3v) is 4.70. The molecule has 1 aromatic carbocycles. The van der Waals surface area contributed by atoms with Crippen LogP contribution in [-0.4, -0.2) is 5.11 Å². The molecule has 106 valence electrons. The number of aryl methyl sites for hydroxylation is 3. The molecule has 0 bridgehead atoms. The molecule has 1 atom stereocenters. The Kier molecular flexibility index (Phi) is 5.04. The fourth-order valence-electron chi connectivity index (χ4n) is 3.23. The highest BCUT2D eigenvalue weighted by Gasteiger charge is 2.24. The monoisotopic (exact) mass is 260 g/mol. The van der Waals surface area contributed by atoms with Crippen molar-refractivity contribution in [1.82, 2.24) is 0 Å². The molecule has 0 aliphatic heterocycles. The number of hydrogen-bond acceptors (Lipinski definition) is 1. The summed E-state index contributed by atoms with van der Waals surface area (Å²) in [7, 11) is 0. The van der Waals surface area contributed by atoms with Gasteiger partial charge in [-0.2, -0.15) is 0 Å². The summed E-state index contributed by atoms with van der Waals surface area (Å²) in [4.78, 5) is 0. The Morgan fingerprint density at radius 1 is 1.05 bits per heavy atom. The van der Waals surface area contributed by atoms with E-state index in [0.717, 1.165) is 31.6 Å². The number of hydrogen-bond donors (Lipinski definition) is 1. The molecular formula is C18H28O. The molecule has 0 radical (unpaired) electrons. The van der Waals surface area contributed by atoms with E-state index in [2.05, 4.69) is 32.9 Å². The van der Waals surface area contributed by atoms with Crippen LogP contribution in [0.3, 0.4) is 0 Å². The van der Waals surface area contributed by atoms with Crippen LogP contribution in [0, 0.1) is 5.92 Å².